The summed E-state index contributed by atoms with van der Waals surface area (Å²) in [4.78, 5) is 30.0. The molecule has 1 aliphatic carbocycles. The van der Waals surface area contributed by atoms with Gasteiger partial charge in [-0.2, -0.15) is 0 Å². The van der Waals surface area contributed by atoms with Crippen LogP contribution in [0.25, 0.3) is 16.9 Å². The van der Waals surface area contributed by atoms with E-state index >= 15 is 0 Å². The van der Waals surface area contributed by atoms with Gasteiger partial charge in [0.2, 0.25) is 5.65 Å². The first-order chi connectivity index (χ1) is 10.6. The van der Waals surface area contributed by atoms with E-state index in [0.717, 1.165) is 22.4 Å². The predicted octanol–water partition coefficient (Wildman–Crippen LogP) is 0.751. The molecule has 110 valence electrons. The van der Waals surface area contributed by atoms with Gasteiger partial charge in [0, 0.05) is 24.7 Å². The molecular formula is C15H12N4O3. The SMILES string of the molecule is NCc1cccc2c1Cc1c-2[nH]c(=O)c2nc(C(=O)O)cn12. The average molecular weight is 296 g/mol. The second-order valence-corrected chi connectivity index (χ2v) is 5.22. The van der Waals surface area contributed by atoms with E-state index < -0.39 is 11.5 Å². The van der Waals surface area contributed by atoms with Crippen LogP contribution in [0.1, 0.15) is 27.3 Å². The number of hydrogen-bond donors (Lipinski definition) is 3. The van der Waals surface area contributed by atoms with Crippen LogP contribution >= 0.6 is 0 Å². The molecule has 22 heavy (non-hydrogen) atoms. The number of aromatic nitrogens is 3. The van der Waals surface area contributed by atoms with E-state index in [9.17, 15) is 9.59 Å². The van der Waals surface area contributed by atoms with Gasteiger partial charge in [-0.15, -0.1) is 0 Å². The zero-order chi connectivity index (χ0) is 15.4. The van der Waals surface area contributed by atoms with E-state index in [1.54, 1.807) is 4.40 Å². The first kappa shape index (κ1) is 12.8. The van der Waals surface area contributed by atoms with Gasteiger partial charge in [-0.05, 0) is 11.1 Å². The number of imidazole rings is 1. The van der Waals surface area contributed by atoms with Crippen molar-refractivity contribution in [2.45, 2.75) is 13.0 Å². The Labute approximate surface area is 124 Å². The first-order valence-electron chi connectivity index (χ1n) is 6.79. The minimum absolute atomic E-state index is 0.0956. The number of fused-ring (bicyclic) bond motifs is 5. The second-order valence-electron chi connectivity index (χ2n) is 5.22. The molecule has 7 heteroatoms. The van der Waals surface area contributed by atoms with Crippen LogP contribution in [0.5, 0.6) is 0 Å². The molecule has 4 N–H and O–H groups in total. The van der Waals surface area contributed by atoms with Crippen molar-refractivity contribution >= 4 is 11.6 Å². The lowest BCUT2D eigenvalue weighted by Gasteiger charge is -2.04. The van der Waals surface area contributed by atoms with E-state index in [-0.39, 0.29) is 11.3 Å². The van der Waals surface area contributed by atoms with Gasteiger partial charge >= 0.3 is 5.97 Å². The van der Waals surface area contributed by atoms with Crippen molar-refractivity contribution in [1.82, 2.24) is 14.4 Å². The fraction of sp³-hybridized carbons (Fsp3) is 0.133. The largest absolute Gasteiger partial charge is 0.476 e. The average Bonchev–Trinajstić information content (AvgIpc) is 3.09. The topological polar surface area (TPSA) is 113 Å². The molecule has 0 amide bonds. The Morgan fingerprint density at radius 3 is 3.00 bits per heavy atom. The summed E-state index contributed by atoms with van der Waals surface area (Å²) < 4.78 is 1.57. The molecule has 3 aromatic rings. The van der Waals surface area contributed by atoms with Crippen LogP contribution in [-0.2, 0) is 13.0 Å². The lowest BCUT2D eigenvalue weighted by atomic mass is 10.0. The highest BCUT2D eigenvalue weighted by Crippen LogP contribution is 2.36. The Morgan fingerprint density at radius 1 is 1.45 bits per heavy atom. The molecule has 0 aliphatic heterocycles. The number of carbonyl (C=O) groups is 1. The van der Waals surface area contributed by atoms with E-state index in [4.69, 9.17) is 10.8 Å². The number of nitrogens with zero attached hydrogens (tertiary/aromatic N) is 2. The number of rotatable bonds is 2. The summed E-state index contributed by atoms with van der Waals surface area (Å²) in [5, 5.41) is 9.08. The molecule has 0 bridgehead atoms. The second kappa shape index (κ2) is 4.28. The molecule has 0 unspecified atom stereocenters. The van der Waals surface area contributed by atoms with Crippen LogP contribution in [0.2, 0.25) is 0 Å². The van der Waals surface area contributed by atoms with Crippen molar-refractivity contribution in [3.63, 3.8) is 0 Å². The Hall–Kier alpha value is -2.93. The summed E-state index contributed by atoms with van der Waals surface area (Å²) >= 11 is 0. The molecule has 4 rings (SSSR count). The number of H-pyrrole nitrogens is 1. The lowest BCUT2D eigenvalue weighted by Crippen LogP contribution is -2.13. The van der Waals surface area contributed by atoms with Crippen LogP contribution in [0.15, 0.2) is 29.2 Å². The highest BCUT2D eigenvalue weighted by Gasteiger charge is 2.26. The monoisotopic (exact) mass is 296 g/mol. The zero-order valence-corrected chi connectivity index (χ0v) is 11.5. The third-order valence-electron chi connectivity index (χ3n) is 4.05. The van der Waals surface area contributed by atoms with Gasteiger partial charge in [0.25, 0.3) is 5.56 Å². The summed E-state index contributed by atoms with van der Waals surface area (Å²) in [6.07, 6.45) is 1.97. The molecular weight excluding hydrogens is 284 g/mol. The van der Waals surface area contributed by atoms with E-state index in [1.165, 1.54) is 6.20 Å². The maximum atomic E-state index is 12.2. The molecule has 1 aromatic carbocycles. The fourth-order valence-corrected chi connectivity index (χ4v) is 3.04. The standard InChI is InChI=1S/C15H12N4O3/c16-5-7-2-1-3-8-9(7)4-11-12(8)18-14(20)13-17-10(15(21)22)6-19(11)13/h1-3,6H,4-5,16H2,(H,18,20)(H,21,22). The van der Waals surface area contributed by atoms with Crippen LogP contribution in [-0.4, -0.2) is 25.4 Å². The highest BCUT2D eigenvalue weighted by atomic mass is 16.4. The highest BCUT2D eigenvalue weighted by molar-refractivity contribution is 5.86. The minimum atomic E-state index is -1.16. The third-order valence-corrected chi connectivity index (χ3v) is 4.05. The summed E-state index contributed by atoms with van der Waals surface area (Å²) in [6, 6.07) is 5.78. The van der Waals surface area contributed by atoms with Crippen molar-refractivity contribution in [2.75, 3.05) is 0 Å². The molecule has 0 saturated heterocycles. The smallest absolute Gasteiger partial charge is 0.356 e. The Bertz CT molecular complexity index is 1000. The maximum absolute atomic E-state index is 12.2. The van der Waals surface area contributed by atoms with E-state index in [0.29, 0.717) is 18.7 Å². The van der Waals surface area contributed by atoms with Crippen molar-refractivity contribution in [1.29, 1.82) is 0 Å². The quantitative estimate of drug-likeness (QED) is 0.505. The number of nitrogens with two attached hydrogens (primary N) is 1. The Morgan fingerprint density at radius 2 is 2.27 bits per heavy atom. The summed E-state index contributed by atoms with van der Waals surface area (Å²) in [5.41, 5.74) is 9.86. The van der Waals surface area contributed by atoms with E-state index in [2.05, 4.69) is 9.97 Å². The van der Waals surface area contributed by atoms with Crippen molar-refractivity contribution in [2.24, 2.45) is 5.73 Å². The van der Waals surface area contributed by atoms with Crippen molar-refractivity contribution in [3.05, 3.63) is 57.3 Å². The molecule has 0 saturated carbocycles. The van der Waals surface area contributed by atoms with Gasteiger partial charge in [-0.3, -0.25) is 9.20 Å². The first-order valence-corrected chi connectivity index (χ1v) is 6.79. The summed E-state index contributed by atoms with van der Waals surface area (Å²) in [7, 11) is 0. The predicted molar refractivity (Wildman–Crippen MR) is 78.9 cm³/mol. The van der Waals surface area contributed by atoms with Gasteiger partial charge in [-0.25, -0.2) is 9.78 Å². The Balaban J connectivity index is 2.06. The lowest BCUT2D eigenvalue weighted by molar-refractivity contribution is 0.0691. The van der Waals surface area contributed by atoms with Crippen LogP contribution in [0.4, 0.5) is 0 Å². The number of aromatic carboxylic acids is 1. The number of hydrogen-bond acceptors (Lipinski definition) is 4. The Kier molecular flexibility index (Phi) is 2.49. The normalized spacial score (nSPS) is 12.4. The molecule has 2 heterocycles. The van der Waals surface area contributed by atoms with E-state index in [1.807, 2.05) is 18.2 Å². The van der Waals surface area contributed by atoms with Gasteiger partial charge in [0.15, 0.2) is 5.69 Å². The number of nitrogens with one attached hydrogen (secondary N) is 1. The molecule has 0 spiro atoms. The van der Waals surface area contributed by atoms with Crippen molar-refractivity contribution in [3.8, 4) is 11.3 Å². The molecule has 0 radical (unpaired) electrons. The summed E-state index contributed by atoms with van der Waals surface area (Å²) in [5.74, 6) is -1.16. The fourth-order valence-electron chi connectivity index (χ4n) is 3.04. The number of carboxylic acid groups (broad SMARTS) is 1. The summed E-state index contributed by atoms with van der Waals surface area (Å²) in [6.45, 7) is 0.412. The zero-order valence-electron chi connectivity index (χ0n) is 11.5. The molecule has 2 aromatic heterocycles. The van der Waals surface area contributed by atoms with Gasteiger partial charge in [-0.1, -0.05) is 18.2 Å². The van der Waals surface area contributed by atoms with Gasteiger partial charge in [0.1, 0.15) is 0 Å². The van der Waals surface area contributed by atoms with Gasteiger partial charge < -0.3 is 15.8 Å². The molecule has 0 atom stereocenters. The van der Waals surface area contributed by atoms with Gasteiger partial charge in [0.05, 0.1) is 11.4 Å². The third kappa shape index (κ3) is 1.57. The van der Waals surface area contributed by atoms with Crippen molar-refractivity contribution < 1.29 is 9.90 Å². The number of carboxylic acids is 1. The van der Waals surface area contributed by atoms with Crippen LogP contribution in [0.3, 0.4) is 0 Å². The van der Waals surface area contributed by atoms with Crippen LogP contribution < -0.4 is 11.3 Å². The molecule has 1 aliphatic rings. The number of aromatic amines is 1. The molecule has 7 nitrogen and oxygen atoms in total. The molecule has 0 fully saturated rings. The number of benzene rings is 1. The van der Waals surface area contributed by atoms with Crippen LogP contribution in [0, 0.1) is 0 Å². The minimum Gasteiger partial charge on any atom is -0.476 e. The maximum Gasteiger partial charge on any atom is 0.356 e.